The molecule has 0 bridgehead atoms. The second-order valence-corrected chi connectivity index (χ2v) is 13.4. The first-order valence-electron chi connectivity index (χ1n) is 16.1. The smallest absolute Gasteiger partial charge is 0.146 e. The molecule has 0 aliphatic carbocycles. The molecular formula is C42H42N2O2. The van der Waals surface area contributed by atoms with Gasteiger partial charge in [-0.25, -0.2) is 0 Å². The van der Waals surface area contributed by atoms with Crippen LogP contribution in [0.3, 0.4) is 0 Å². The molecule has 0 amide bonds. The predicted molar refractivity (Wildman–Crippen MR) is 191 cm³/mol. The van der Waals surface area contributed by atoms with Gasteiger partial charge >= 0.3 is 0 Å². The number of nitrogens with zero attached hydrogens (tertiary/aromatic N) is 2. The highest BCUT2D eigenvalue weighted by atomic mass is 16.5. The van der Waals surface area contributed by atoms with Crippen molar-refractivity contribution in [3.63, 3.8) is 0 Å². The molecule has 1 aromatic heterocycles. The van der Waals surface area contributed by atoms with E-state index in [0.717, 1.165) is 34.9 Å². The van der Waals surface area contributed by atoms with Gasteiger partial charge in [-0.3, -0.25) is 0 Å². The van der Waals surface area contributed by atoms with Crippen LogP contribution < -0.4 is 14.4 Å². The molecule has 1 aliphatic heterocycles. The van der Waals surface area contributed by atoms with E-state index in [1.54, 1.807) is 14.2 Å². The van der Waals surface area contributed by atoms with E-state index in [1.165, 1.54) is 33.3 Å². The zero-order chi connectivity index (χ0) is 32.1. The van der Waals surface area contributed by atoms with Crippen molar-refractivity contribution < 1.29 is 9.47 Å². The fourth-order valence-electron chi connectivity index (χ4n) is 7.47. The number of hydrogen-bond donors (Lipinski definition) is 0. The third-order valence-electron chi connectivity index (χ3n) is 10.3. The summed E-state index contributed by atoms with van der Waals surface area (Å²) < 4.78 is 14.5. The van der Waals surface area contributed by atoms with Gasteiger partial charge in [0.25, 0.3) is 0 Å². The lowest BCUT2D eigenvalue weighted by Gasteiger charge is -2.33. The number of hydrogen-bond acceptors (Lipinski definition) is 3. The van der Waals surface area contributed by atoms with Crippen LogP contribution in [-0.2, 0) is 10.8 Å². The Balaban J connectivity index is 1.40. The molecule has 0 spiro atoms. The van der Waals surface area contributed by atoms with E-state index < -0.39 is 0 Å². The normalized spacial score (nSPS) is 14.8. The molecule has 0 fully saturated rings. The van der Waals surface area contributed by atoms with Gasteiger partial charge in [0.15, 0.2) is 0 Å². The van der Waals surface area contributed by atoms with Gasteiger partial charge in [-0.05, 0) is 45.9 Å². The molecule has 7 rings (SSSR count). The Morgan fingerprint density at radius 1 is 0.609 bits per heavy atom. The maximum atomic E-state index is 6.09. The number of anilines is 2. The average molecular weight is 607 g/mol. The molecule has 0 radical (unpaired) electrons. The topological polar surface area (TPSA) is 26.6 Å². The molecule has 5 aromatic carbocycles. The standard InChI is InChI=1S/C42H42N2O2/c1-41(2,29-17-9-7-10-18-29)33-27-43(35-23-15-13-21-31(33)35)37-25-38(40(46-6)26-39(37)45-5)44-28-34(32-22-14-16-24-36(32)44)42(3,4)30-19-11-8-12-20-30/h7-27,34H,28H2,1-6H3. The molecule has 46 heavy (non-hydrogen) atoms. The third-order valence-corrected chi connectivity index (χ3v) is 10.3. The monoisotopic (exact) mass is 606 g/mol. The molecule has 232 valence electrons. The summed E-state index contributed by atoms with van der Waals surface area (Å²) in [5.74, 6) is 1.83. The summed E-state index contributed by atoms with van der Waals surface area (Å²) in [6.07, 6.45) is 2.30. The Morgan fingerprint density at radius 3 is 1.89 bits per heavy atom. The SMILES string of the molecule is COc1cc(OC)c(-n2cc(C(C)(C)c3ccccc3)c3ccccc32)cc1N1CC(C(C)(C)c2ccccc2)c2ccccc21. The molecular weight excluding hydrogens is 564 g/mol. The van der Waals surface area contributed by atoms with Gasteiger partial charge in [0.05, 0.1) is 31.1 Å². The van der Waals surface area contributed by atoms with Crippen molar-refractivity contribution in [1.82, 2.24) is 4.57 Å². The number of para-hydroxylation sites is 2. The van der Waals surface area contributed by atoms with E-state index in [2.05, 4.69) is 159 Å². The Kier molecular flexibility index (Phi) is 7.39. The Morgan fingerprint density at radius 2 is 1.20 bits per heavy atom. The number of ether oxygens (including phenoxy) is 2. The molecule has 4 nitrogen and oxygen atoms in total. The summed E-state index contributed by atoms with van der Waals surface area (Å²) in [4.78, 5) is 2.44. The Labute approximate surface area is 272 Å². The summed E-state index contributed by atoms with van der Waals surface area (Å²) in [5, 5.41) is 1.23. The molecule has 1 aliphatic rings. The van der Waals surface area contributed by atoms with E-state index in [1.807, 2.05) is 6.07 Å². The van der Waals surface area contributed by atoms with Crippen molar-refractivity contribution >= 4 is 22.3 Å². The van der Waals surface area contributed by atoms with Crippen LogP contribution >= 0.6 is 0 Å². The Bertz CT molecular complexity index is 2010. The number of benzene rings is 5. The van der Waals surface area contributed by atoms with Gasteiger partial charge in [-0.15, -0.1) is 0 Å². The lowest BCUT2D eigenvalue weighted by Crippen LogP contribution is -2.30. The highest BCUT2D eigenvalue weighted by Gasteiger charge is 2.41. The Hall–Kier alpha value is -4.96. The zero-order valence-corrected chi connectivity index (χ0v) is 27.6. The number of rotatable bonds is 8. The van der Waals surface area contributed by atoms with Crippen molar-refractivity contribution in [3.05, 3.63) is 150 Å². The average Bonchev–Trinajstić information content (AvgIpc) is 3.69. The summed E-state index contributed by atoms with van der Waals surface area (Å²) in [5.41, 5.74) is 9.32. The second-order valence-electron chi connectivity index (χ2n) is 13.4. The van der Waals surface area contributed by atoms with Crippen molar-refractivity contribution in [1.29, 1.82) is 0 Å². The second kappa shape index (κ2) is 11.4. The van der Waals surface area contributed by atoms with E-state index in [-0.39, 0.29) is 16.7 Å². The molecule has 1 atom stereocenters. The van der Waals surface area contributed by atoms with Crippen LogP contribution in [0.4, 0.5) is 11.4 Å². The number of fused-ring (bicyclic) bond motifs is 2. The fraction of sp³-hybridized carbons (Fsp3) is 0.238. The minimum absolute atomic E-state index is 0.0802. The van der Waals surface area contributed by atoms with Gasteiger partial charge in [-0.1, -0.05) is 125 Å². The van der Waals surface area contributed by atoms with Crippen molar-refractivity contribution in [2.45, 2.75) is 44.4 Å². The zero-order valence-electron chi connectivity index (χ0n) is 27.6. The van der Waals surface area contributed by atoms with Crippen LogP contribution in [0.25, 0.3) is 16.6 Å². The van der Waals surface area contributed by atoms with Gasteiger partial charge < -0.3 is 18.9 Å². The van der Waals surface area contributed by atoms with Crippen LogP contribution in [0.5, 0.6) is 11.5 Å². The van der Waals surface area contributed by atoms with Crippen LogP contribution in [0.15, 0.2) is 128 Å². The van der Waals surface area contributed by atoms with Crippen LogP contribution in [0.2, 0.25) is 0 Å². The van der Waals surface area contributed by atoms with Crippen molar-refractivity contribution in [2.24, 2.45) is 0 Å². The lowest BCUT2D eigenvalue weighted by molar-refractivity contribution is 0.392. The molecule has 6 aromatic rings. The first kappa shape index (κ1) is 29.7. The van der Waals surface area contributed by atoms with E-state index >= 15 is 0 Å². The maximum absolute atomic E-state index is 6.09. The molecule has 1 unspecified atom stereocenters. The quantitative estimate of drug-likeness (QED) is 0.172. The number of aromatic nitrogens is 1. The lowest BCUT2D eigenvalue weighted by atomic mass is 9.71. The van der Waals surface area contributed by atoms with Gasteiger partial charge in [-0.2, -0.15) is 0 Å². The van der Waals surface area contributed by atoms with Crippen molar-refractivity contribution in [2.75, 3.05) is 25.7 Å². The van der Waals surface area contributed by atoms with E-state index in [0.29, 0.717) is 0 Å². The summed E-state index contributed by atoms with van der Waals surface area (Å²) in [6.45, 7) is 10.2. The minimum atomic E-state index is -0.210. The maximum Gasteiger partial charge on any atom is 0.146 e. The van der Waals surface area contributed by atoms with Crippen molar-refractivity contribution in [3.8, 4) is 17.2 Å². The van der Waals surface area contributed by atoms with Gasteiger partial charge in [0.2, 0.25) is 0 Å². The largest absolute Gasteiger partial charge is 0.494 e. The number of methoxy groups -OCH3 is 2. The molecule has 4 heteroatoms. The fourth-order valence-corrected chi connectivity index (χ4v) is 7.47. The van der Waals surface area contributed by atoms with Crippen LogP contribution in [0.1, 0.15) is 55.9 Å². The third kappa shape index (κ3) is 4.75. The van der Waals surface area contributed by atoms with E-state index in [9.17, 15) is 0 Å². The first-order valence-corrected chi connectivity index (χ1v) is 16.1. The molecule has 2 heterocycles. The van der Waals surface area contributed by atoms with E-state index in [4.69, 9.17) is 9.47 Å². The predicted octanol–water partition coefficient (Wildman–Crippen LogP) is 10.2. The summed E-state index contributed by atoms with van der Waals surface area (Å²) >= 11 is 0. The molecule has 0 saturated heterocycles. The minimum Gasteiger partial charge on any atom is -0.494 e. The van der Waals surface area contributed by atoms with Gasteiger partial charge in [0.1, 0.15) is 11.5 Å². The summed E-state index contributed by atoms with van der Waals surface area (Å²) in [6, 6.07) is 43.4. The highest BCUT2D eigenvalue weighted by molar-refractivity contribution is 5.89. The first-order chi connectivity index (χ1) is 22.3. The van der Waals surface area contributed by atoms with Gasteiger partial charge in [0, 0.05) is 41.2 Å². The highest BCUT2D eigenvalue weighted by Crippen LogP contribution is 2.52. The van der Waals surface area contributed by atoms with Crippen LogP contribution in [-0.4, -0.2) is 25.3 Å². The molecule has 0 N–H and O–H groups in total. The van der Waals surface area contributed by atoms with Crippen LogP contribution in [0, 0.1) is 0 Å². The summed E-state index contributed by atoms with van der Waals surface area (Å²) in [7, 11) is 3.48. The molecule has 0 saturated carbocycles.